The van der Waals surface area contributed by atoms with Crippen LogP contribution in [-0.4, -0.2) is 11.0 Å². The number of phenols is 1. The van der Waals surface area contributed by atoms with E-state index in [9.17, 15) is 36.2 Å². The lowest BCUT2D eigenvalue weighted by Gasteiger charge is -2.12. The molecule has 0 spiro atoms. The number of anilines is 1. The number of phenolic OH excluding ortho intramolecular Hbond substituents is 1. The summed E-state index contributed by atoms with van der Waals surface area (Å²) in [5, 5.41) is 11.9. The largest absolute Gasteiger partial charge is 0.504 e. The molecule has 0 fully saturated rings. The fourth-order valence-corrected chi connectivity index (χ4v) is 3.53. The molecule has 2 N–H and O–H groups in total. The molecule has 32 heavy (non-hydrogen) atoms. The normalized spacial score (nSPS) is 12.5. The van der Waals surface area contributed by atoms with E-state index in [0.717, 1.165) is 30.3 Å². The molecule has 2 aromatic heterocycles. The zero-order valence-electron chi connectivity index (χ0n) is 15.5. The zero-order chi connectivity index (χ0) is 23.4. The molecule has 2 heterocycles. The van der Waals surface area contributed by atoms with Crippen molar-refractivity contribution in [2.24, 2.45) is 0 Å². The molecular formula is C21H10ClF6NO3. The number of aromatic hydroxyl groups is 1. The molecule has 0 atom stereocenters. The number of halogens is 7. The number of hydrogen-bond donors (Lipinski definition) is 2. The van der Waals surface area contributed by atoms with Gasteiger partial charge in [-0.15, -0.1) is 0 Å². The number of fused-ring (bicyclic) bond motifs is 2. The second kappa shape index (κ2) is 7.33. The van der Waals surface area contributed by atoms with Crippen LogP contribution in [0.2, 0.25) is 5.02 Å². The van der Waals surface area contributed by atoms with Crippen LogP contribution in [0.1, 0.15) is 21.5 Å². The first-order chi connectivity index (χ1) is 14.8. The number of rotatable bonds is 3. The lowest BCUT2D eigenvalue weighted by molar-refractivity contribution is -0.138. The van der Waals surface area contributed by atoms with Crippen molar-refractivity contribution in [2.45, 2.75) is 12.4 Å². The maximum absolute atomic E-state index is 13.1. The monoisotopic (exact) mass is 473 g/mol. The Morgan fingerprint density at radius 1 is 0.938 bits per heavy atom. The molecule has 4 rings (SSSR count). The average molecular weight is 474 g/mol. The molecule has 0 saturated carbocycles. The van der Waals surface area contributed by atoms with Crippen molar-refractivity contribution in [2.75, 3.05) is 5.32 Å². The van der Waals surface area contributed by atoms with Crippen LogP contribution < -0.4 is 5.32 Å². The molecule has 1 amide bonds. The van der Waals surface area contributed by atoms with E-state index in [2.05, 4.69) is 5.32 Å². The van der Waals surface area contributed by atoms with Crippen LogP contribution in [0.25, 0.3) is 22.3 Å². The summed E-state index contributed by atoms with van der Waals surface area (Å²) in [4.78, 5) is 12.9. The number of amides is 1. The van der Waals surface area contributed by atoms with Crippen molar-refractivity contribution < 1.29 is 40.7 Å². The maximum atomic E-state index is 13.1. The highest BCUT2D eigenvalue weighted by Gasteiger charge is 2.34. The van der Waals surface area contributed by atoms with Gasteiger partial charge in [0.2, 0.25) is 0 Å². The van der Waals surface area contributed by atoms with Gasteiger partial charge in [0, 0.05) is 22.3 Å². The highest BCUT2D eigenvalue weighted by Crippen LogP contribution is 2.44. The van der Waals surface area contributed by atoms with Crippen molar-refractivity contribution in [3.63, 3.8) is 0 Å². The molecule has 0 saturated heterocycles. The van der Waals surface area contributed by atoms with Crippen LogP contribution in [0, 0.1) is 0 Å². The summed E-state index contributed by atoms with van der Waals surface area (Å²) in [6, 6.07) is 7.50. The third-order valence-corrected chi connectivity index (χ3v) is 4.84. The summed E-state index contributed by atoms with van der Waals surface area (Å²) >= 11 is 5.72. The predicted molar refractivity (Wildman–Crippen MR) is 104 cm³/mol. The van der Waals surface area contributed by atoms with Gasteiger partial charge in [0.05, 0.1) is 16.7 Å². The maximum Gasteiger partial charge on any atom is 0.416 e. The quantitative estimate of drug-likeness (QED) is 0.310. The smallest absolute Gasteiger partial charge is 0.416 e. The van der Waals surface area contributed by atoms with Gasteiger partial charge in [0.1, 0.15) is 5.58 Å². The second-order valence-electron chi connectivity index (χ2n) is 6.83. The summed E-state index contributed by atoms with van der Waals surface area (Å²) in [5.74, 6) is -1.35. The predicted octanol–water partition coefficient (Wildman–Crippen LogP) is 7.19. The van der Waals surface area contributed by atoms with Crippen molar-refractivity contribution in [3.8, 4) is 16.9 Å². The summed E-state index contributed by atoms with van der Waals surface area (Å²) in [6.07, 6.45) is -9.39. The van der Waals surface area contributed by atoms with E-state index in [0.29, 0.717) is 12.1 Å². The Hall–Kier alpha value is -3.40. The van der Waals surface area contributed by atoms with E-state index < -0.39 is 35.1 Å². The first kappa shape index (κ1) is 21.8. The Labute approximate surface area is 180 Å². The number of benzene rings is 3. The molecule has 0 radical (unpaired) electrons. The molecule has 11 heteroatoms. The van der Waals surface area contributed by atoms with Gasteiger partial charge in [-0.05, 0) is 35.9 Å². The van der Waals surface area contributed by atoms with Gasteiger partial charge in [-0.1, -0.05) is 23.7 Å². The third-order valence-electron chi connectivity index (χ3n) is 4.62. The number of carbonyl (C=O) groups excluding carboxylic acids is 1. The van der Waals surface area contributed by atoms with Gasteiger partial charge < -0.3 is 14.8 Å². The van der Waals surface area contributed by atoms with Crippen LogP contribution in [0.15, 0.2) is 52.9 Å². The molecular weight excluding hydrogens is 464 g/mol. The Balaban J connectivity index is 1.79. The molecule has 0 aliphatic heterocycles. The SMILES string of the molecule is O=C(Nc1cc(Cl)cc(C(F)(F)F)c1)c1c(-c2cccc(C(F)(F)F)c2)c2oc1cc2O. The van der Waals surface area contributed by atoms with Crippen molar-refractivity contribution in [1.82, 2.24) is 0 Å². The Morgan fingerprint density at radius 2 is 1.62 bits per heavy atom. The summed E-state index contributed by atoms with van der Waals surface area (Å²) < 4.78 is 83.8. The minimum Gasteiger partial charge on any atom is -0.504 e. The van der Waals surface area contributed by atoms with E-state index in [1.807, 2.05) is 0 Å². The second-order valence-corrected chi connectivity index (χ2v) is 7.27. The molecule has 2 aromatic carbocycles. The van der Waals surface area contributed by atoms with Crippen LogP contribution in [-0.2, 0) is 12.4 Å². The van der Waals surface area contributed by atoms with E-state index in [1.54, 1.807) is 0 Å². The first-order valence-electron chi connectivity index (χ1n) is 8.79. The topological polar surface area (TPSA) is 62.5 Å². The summed E-state index contributed by atoms with van der Waals surface area (Å²) in [7, 11) is 0. The lowest BCUT2D eigenvalue weighted by atomic mass is 9.97. The van der Waals surface area contributed by atoms with Crippen molar-refractivity contribution in [1.29, 1.82) is 0 Å². The fourth-order valence-electron chi connectivity index (χ4n) is 3.29. The van der Waals surface area contributed by atoms with E-state index in [-0.39, 0.29) is 38.6 Å². The highest BCUT2D eigenvalue weighted by molar-refractivity contribution is 6.31. The van der Waals surface area contributed by atoms with E-state index in [1.165, 1.54) is 6.07 Å². The molecule has 4 nitrogen and oxygen atoms in total. The van der Waals surface area contributed by atoms with Crippen LogP contribution >= 0.6 is 11.6 Å². The van der Waals surface area contributed by atoms with Crippen molar-refractivity contribution >= 4 is 34.4 Å². The van der Waals surface area contributed by atoms with E-state index >= 15 is 0 Å². The molecule has 0 aliphatic rings. The number of furan rings is 2. The molecule has 166 valence electrons. The van der Waals surface area contributed by atoms with Crippen LogP contribution in [0.4, 0.5) is 32.0 Å². The van der Waals surface area contributed by atoms with Crippen LogP contribution in [0.3, 0.4) is 0 Å². The minimum absolute atomic E-state index is 0.0725. The standard InChI is InChI=1S/C21H10ClF6NO3/c22-12-5-11(21(26,27)28)6-13(7-12)29-19(31)17-15-8-14(30)18(32-15)16(17)9-2-1-3-10(4-9)20(23,24)25/h1-8,30H,(H,29,31). The van der Waals surface area contributed by atoms with E-state index in [4.69, 9.17) is 16.0 Å². The first-order valence-corrected chi connectivity index (χ1v) is 9.17. The van der Waals surface area contributed by atoms with Crippen LogP contribution in [0.5, 0.6) is 5.75 Å². The molecule has 0 unspecified atom stereocenters. The number of alkyl halides is 6. The minimum atomic E-state index is -4.72. The van der Waals surface area contributed by atoms with Crippen molar-refractivity contribution in [3.05, 3.63) is 70.2 Å². The summed E-state index contributed by atoms with van der Waals surface area (Å²) in [5.41, 5.74) is -3.21. The number of carbonyl (C=O) groups is 1. The number of hydrogen-bond acceptors (Lipinski definition) is 3. The average Bonchev–Trinajstić information content (AvgIpc) is 3.23. The lowest BCUT2D eigenvalue weighted by Crippen LogP contribution is -2.14. The van der Waals surface area contributed by atoms with Gasteiger partial charge in [-0.25, -0.2) is 0 Å². The Kier molecular flexibility index (Phi) is 5.00. The van der Waals surface area contributed by atoms with Gasteiger partial charge in [-0.3, -0.25) is 4.79 Å². The van der Waals surface area contributed by atoms with Gasteiger partial charge in [0.25, 0.3) is 5.91 Å². The molecule has 4 aromatic rings. The van der Waals surface area contributed by atoms with Gasteiger partial charge in [-0.2, -0.15) is 26.3 Å². The molecule has 0 aliphatic carbocycles. The third kappa shape index (κ3) is 3.93. The highest BCUT2D eigenvalue weighted by atomic mass is 35.5. The fraction of sp³-hybridized carbons (Fsp3) is 0.0952. The van der Waals surface area contributed by atoms with Gasteiger partial charge in [0.15, 0.2) is 11.3 Å². The number of nitrogens with one attached hydrogen (secondary N) is 1. The Morgan fingerprint density at radius 3 is 2.28 bits per heavy atom. The zero-order valence-corrected chi connectivity index (χ0v) is 16.3. The molecule has 2 bridgehead atoms. The summed E-state index contributed by atoms with van der Waals surface area (Å²) in [6.45, 7) is 0. The Bertz CT molecular complexity index is 1330. The van der Waals surface area contributed by atoms with Gasteiger partial charge >= 0.3 is 12.4 Å².